The van der Waals surface area contributed by atoms with Gasteiger partial charge in [-0.2, -0.15) is 50.5 Å². The van der Waals surface area contributed by atoms with Gasteiger partial charge in [0, 0.05) is 74.9 Å². The molecule has 0 amide bonds. The standard InChI is InChI=1S/C36H40O4S4.At/c41-17-13-37-33-25-5-1-6-26(33)22-28-8-3-10-30(35(28)39-15-19-43)24-32-12-4-11-31(36(32)40-16-20-44)23-29-9-2-7-27(21-25)34(29)38-14-18-42;/h1-12,41-44H,13-24H2;/i;1+1. The first kappa shape index (κ1) is 36.2. The van der Waals surface area contributed by atoms with E-state index in [1.807, 2.05) is 0 Å². The number of benzene rings is 4. The average Bonchev–Trinajstić information content (AvgIpc) is 3.03. The number of fused-ring (bicyclic) bond motifs is 8. The van der Waals surface area contributed by atoms with Gasteiger partial charge in [-0.15, -0.1) is 0 Å². The van der Waals surface area contributed by atoms with Crippen LogP contribution in [0.2, 0.25) is 0 Å². The predicted molar refractivity (Wildman–Crippen MR) is 194 cm³/mol. The number of para-hydroxylation sites is 4. The topological polar surface area (TPSA) is 36.9 Å². The monoisotopic (exact) mass is 875 g/mol. The van der Waals surface area contributed by atoms with E-state index in [2.05, 4.69) is 123 Å². The molecular formula is C36H40AtO4S4. The van der Waals surface area contributed by atoms with Crippen molar-refractivity contribution in [2.45, 2.75) is 25.7 Å². The largest absolute Gasteiger partial charge is 0.492 e. The minimum absolute atomic E-state index is 0. The Labute approximate surface area is 308 Å². The zero-order valence-electron chi connectivity index (χ0n) is 25.2. The van der Waals surface area contributed by atoms with Gasteiger partial charge in [-0.25, -0.2) is 0 Å². The second kappa shape index (κ2) is 18.6. The number of thiol groups is 4. The van der Waals surface area contributed by atoms with E-state index in [4.69, 9.17) is 18.9 Å². The Balaban J connectivity index is 0.00000461. The summed E-state index contributed by atoms with van der Waals surface area (Å²) in [6.45, 7) is 2.07. The van der Waals surface area contributed by atoms with Gasteiger partial charge in [-0.05, 0) is 44.5 Å². The molecule has 0 spiro atoms. The van der Waals surface area contributed by atoms with E-state index in [1.54, 1.807) is 0 Å². The molecule has 1 aliphatic rings. The van der Waals surface area contributed by atoms with Crippen LogP contribution in [0.4, 0.5) is 0 Å². The van der Waals surface area contributed by atoms with Gasteiger partial charge in [-0.3, -0.25) is 0 Å². The Kier molecular flexibility index (Phi) is 15.0. The van der Waals surface area contributed by atoms with Crippen LogP contribution in [0.5, 0.6) is 23.0 Å². The minimum Gasteiger partial charge on any atom is -0.492 e. The molecule has 45 heavy (non-hydrogen) atoms. The van der Waals surface area contributed by atoms with E-state index in [0.29, 0.717) is 75.1 Å². The molecule has 0 saturated carbocycles. The average molecular weight is 876 g/mol. The maximum atomic E-state index is 6.43. The molecule has 0 aliphatic heterocycles. The van der Waals surface area contributed by atoms with Crippen LogP contribution in [0.15, 0.2) is 72.8 Å². The second-order valence-electron chi connectivity index (χ2n) is 10.6. The van der Waals surface area contributed by atoms with Crippen LogP contribution in [-0.2, 0) is 25.7 Å². The van der Waals surface area contributed by atoms with E-state index in [9.17, 15) is 0 Å². The molecule has 5 rings (SSSR count). The summed E-state index contributed by atoms with van der Waals surface area (Å²) in [6, 6.07) is 25.7. The van der Waals surface area contributed by atoms with Crippen molar-refractivity contribution in [3.8, 4) is 23.0 Å². The number of hydrogen-bond donors (Lipinski definition) is 4. The van der Waals surface area contributed by atoms with Crippen LogP contribution >= 0.6 is 50.5 Å². The molecule has 239 valence electrons. The van der Waals surface area contributed by atoms with E-state index in [-0.39, 0.29) is 26.2 Å². The summed E-state index contributed by atoms with van der Waals surface area (Å²) in [5.41, 5.74) is 8.87. The van der Waals surface area contributed by atoms with E-state index < -0.39 is 0 Å². The van der Waals surface area contributed by atoms with Gasteiger partial charge in [0.25, 0.3) is 0 Å². The molecule has 9 heteroatoms. The maximum absolute atomic E-state index is 6.43. The molecular weight excluding hydrogens is 836 g/mol. The van der Waals surface area contributed by atoms with Gasteiger partial charge in [0.15, 0.2) is 0 Å². The van der Waals surface area contributed by atoms with Crippen molar-refractivity contribution in [1.29, 1.82) is 0 Å². The summed E-state index contributed by atoms with van der Waals surface area (Å²) in [6.07, 6.45) is 2.66. The van der Waals surface area contributed by atoms with Crippen LogP contribution in [0.1, 0.15) is 44.5 Å². The molecule has 0 atom stereocenters. The molecule has 0 aromatic heterocycles. The summed E-state index contributed by atoms with van der Waals surface area (Å²) >= 11 is 17.8. The summed E-state index contributed by atoms with van der Waals surface area (Å²) in [5, 5.41) is 0. The first-order valence-corrected chi connectivity index (χ1v) is 17.6. The smallest absolute Gasteiger partial charge is 0.126 e. The first-order chi connectivity index (χ1) is 21.7. The van der Waals surface area contributed by atoms with Gasteiger partial charge in [-0.1, -0.05) is 72.8 Å². The van der Waals surface area contributed by atoms with Crippen molar-refractivity contribution in [3.05, 3.63) is 117 Å². The predicted octanol–water partition coefficient (Wildman–Crippen LogP) is 7.60. The van der Waals surface area contributed by atoms with E-state index in [1.165, 1.54) is 0 Å². The quantitative estimate of drug-likeness (QED) is 0.0976. The fraction of sp³-hybridized carbons (Fsp3) is 0.333. The van der Waals surface area contributed by atoms with Crippen molar-refractivity contribution >= 4 is 50.5 Å². The summed E-state index contributed by atoms with van der Waals surface area (Å²) in [4.78, 5) is 0. The third kappa shape index (κ3) is 9.25. The molecule has 0 fully saturated rings. The van der Waals surface area contributed by atoms with Crippen molar-refractivity contribution in [3.63, 3.8) is 0 Å². The number of ether oxygens (including phenoxy) is 4. The van der Waals surface area contributed by atoms with Crippen molar-refractivity contribution < 1.29 is 45.2 Å². The van der Waals surface area contributed by atoms with Crippen LogP contribution in [0.25, 0.3) is 0 Å². The summed E-state index contributed by atoms with van der Waals surface area (Å²) in [5.74, 6) is 6.10. The van der Waals surface area contributed by atoms with E-state index in [0.717, 1.165) is 67.5 Å². The molecule has 1 radical (unpaired) electrons. The minimum atomic E-state index is 0. The molecule has 4 aromatic rings. The van der Waals surface area contributed by atoms with Crippen LogP contribution in [-0.4, -0.2) is 49.4 Å². The van der Waals surface area contributed by atoms with Crippen molar-refractivity contribution in [2.24, 2.45) is 0 Å². The third-order valence-electron chi connectivity index (χ3n) is 7.59. The molecule has 8 bridgehead atoms. The maximum Gasteiger partial charge on any atom is 0.126 e. The zero-order chi connectivity index (χ0) is 30.7. The molecule has 0 unspecified atom stereocenters. The number of hydrogen-bond acceptors (Lipinski definition) is 8. The Hall–Kier alpha value is -1.64. The second-order valence-corrected chi connectivity index (χ2v) is 12.4. The third-order valence-corrected chi connectivity index (χ3v) is 8.32. The normalized spacial score (nSPS) is 12.2. The van der Waals surface area contributed by atoms with Crippen LogP contribution in [0.3, 0.4) is 0 Å². The Morgan fingerprint density at radius 3 is 0.689 bits per heavy atom. The molecule has 0 heterocycles. The summed E-state index contributed by atoms with van der Waals surface area (Å²) in [7, 11) is 0. The molecule has 4 aromatic carbocycles. The van der Waals surface area contributed by atoms with Crippen LogP contribution in [0, 0.1) is 26.2 Å². The Morgan fingerprint density at radius 2 is 0.533 bits per heavy atom. The summed E-state index contributed by atoms with van der Waals surface area (Å²) < 4.78 is 25.7. The fourth-order valence-electron chi connectivity index (χ4n) is 5.82. The zero-order valence-corrected chi connectivity index (χ0v) is 31.7. The Bertz CT molecular complexity index is 1240. The molecule has 0 saturated heterocycles. The molecule has 4 nitrogen and oxygen atoms in total. The van der Waals surface area contributed by atoms with Gasteiger partial charge < -0.3 is 18.9 Å². The number of rotatable bonds is 12. The van der Waals surface area contributed by atoms with Crippen molar-refractivity contribution in [2.75, 3.05) is 49.4 Å². The van der Waals surface area contributed by atoms with E-state index >= 15 is 0 Å². The van der Waals surface area contributed by atoms with Gasteiger partial charge in [0.2, 0.25) is 0 Å². The van der Waals surface area contributed by atoms with Gasteiger partial charge in [0.1, 0.15) is 23.0 Å². The molecule has 1 aliphatic carbocycles. The SMILES string of the molecule is SCCOc1c2cccc1Cc1cccc(c1OCCS)Cc1cccc(c1OCCS)Cc1cccc(c1OCCS)C2.[211At]. The fourth-order valence-corrected chi connectivity index (χ4v) is 6.18. The van der Waals surface area contributed by atoms with Gasteiger partial charge >= 0.3 is 0 Å². The van der Waals surface area contributed by atoms with Gasteiger partial charge in [0.05, 0.1) is 26.4 Å². The van der Waals surface area contributed by atoms with Crippen LogP contribution < -0.4 is 18.9 Å². The molecule has 0 N–H and O–H groups in total. The van der Waals surface area contributed by atoms with Crippen molar-refractivity contribution in [1.82, 2.24) is 0 Å². The Morgan fingerprint density at radius 1 is 0.356 bits per heavy atom. The first-order valence-electron chi connectivity index (χ1n) is 15.0.